The highest BCUT2D eigenvalue weighted by Crippen LogP contribution is 2.23. The molecule has 0 saturated heterocycles. The number of nitro groups is 1. The number of rotatable bonds is 6. The van der Waals surface area contributed by atoms with Crippen LogP contribution in [0.4, 0.5) is 11.4 Å². The molecular formula is C18H13ClN4O3S. The van der Waals surface area contributed by atoms with E-state index in [0.717, 1.165) is 5.56 Å². The largest absolute Gasteiger partial charge is 0.320 e. The van der Waals surface area contributed by atoms with Crippen molar-refractivity contribution in [3.63, 3.8) is 0 Å². The SMILES string of the molecule is O=C(Nc1cccc([N+](=O)[O-])c1)c1nc(SCc2ccccc2)ncc1Cl. The number of carbonyl (C=O) groups excluding carboxylic acids is 1. The van der Waals surface area contributed by atoms with E-state index in [9.17, 15) is 14.9 Å². The van der Waals surface area contributed by atoms with Gasteiger partial charge in [-0.25, -0.2) is 9.97 Å². The first kappa shape index (κ1) is 18.8. The van der Waals surface area contributed by atoms with E-state index in [1.807, 2.05) is 30.3 Å². The Balaban J connectivity index is 1.74. The topological polar surface area (TPSA) is 98.0 Å². The summed E-state index contributed by atoms with van der Waals surface area (Å²) in [5.74, 6) is 0.0819. The Labute approximate surface area is 164 Å². The van der Waals surface area contributed by atoms with E-state index >= 15 is 0 Å². The molecule has 7 nitrogen and oxygen atoms in total. The lowest BCUT2D eigenvalue weighted by Gasteiger charge is -2.07. The number of aromatic nitrogens is 2. The van der Waals surface area contributed by atoms with Gasteiger partial charge in [0.2, 0.25) is 0 Å². The molecule has 3 aromatic rings. The number of amides is 1. The molecule has 1 aromatic heterocycles. The molecule has 0 aliphatic heterocycles. The molecule has 1 amide bonds. The lowest BCUT2D eigenvalue weighted by Crippen LogP contribution is -2.15. The fourth-order valence-electron chi connectivity index (χ4n) is 2.19. The Morgan fingerprint density at radius 3 is 2.70 bits per heavy atom. The number of anilines is 1. The Kier molecular flexibility index (Phi) is 6.00. The van der Waals surface area contributed by atoms with Gasteiger partial charge in [0.15, 0.2) is 10.9 Å². The molecule has 136 valence electrons. The van der Waals surface area contributed by atoms with Crippen molar-refractivity contribution in [2.24, 2.45) is 0 Å². The Morgan fingerprint density at radius 1 is 1.19 bits per heavy atom. The maximum absolute atomic E-state index is 12.5. The smallest absolute Gasteiger partial charge is 0.275 e. The summed E-state index contributed by atoms with van der Waals surface area (Å²) in [5.41, 5.74) is 1.26. The number of halogens is 1. The zero-order valence-corrected chi connectivity index (χ0v) is 15.4. The molecule has 27 heavy (non-hydrogen) atoms. The number of nitrogens with one attached hydrogen (secondary N) is 1. The second-order valence-corrected chi connectivity index (χ2v) is 6.73. The monoisotopic (exact) mass is 400 g/mol. The summed E-state index contributed by atoms with van der Waals surface area (Å²) >= 11 is 7.43. The number of thioether (sulfide) groups is 1. The number of carbonyl (C=O) groups is 1. The summed E-state index contributed by atoms with van der Waals surface area (Å²) in [4.78, 5) is 31.1. The van der Waals surface area contributed by atoms with Crippen molar-refractivity contribution in [1.82, 2.24) is 9.97 Å². The highest BCUT2D eigenvalue weighted by Gasteiger charge is 2.16. The standard InChI is InChI=1S/C18H13ClN4O3S/c19-15-10-20-18(27-11-12-5-2-1-3-6-12)22-16(15)17(24)21-13-7-4-8-14(9-13)23(25)26/h1-10H,11H2,(H,21,24). The number of hydrogen-bond donors (Lipinski definition) is 1. The van der Waals surface area contributed by atoms with Crippen molar-refractivity contribution >= 4 is 40.6 Å². The number of non-ortho nitro benzene ring substituents is 1. The maximum atomic E-state index is 12.5. The van der Waals surface area contributed by atoms with Gasteiger partial charge in [-0.2, -0.15) is 0 Å². The summed E-state index contributed by atoms with van der Waals surface area (Å²) in [6.45, 7) is 0. The van der Waals surface area contributed by atoms with Crippen LogP contribution in [-0.4, -0.2) is 20.8 Å². The fraction of sp³-hybridized carbons (Fsp3) is 0.0556. The predicted molar refractivity (Wildman–Crippen MR) is 104 cm³/mol. The Hall–Kier alpha value is -2.97. The first-order valence-corrected chi connectivity index (χ1v) is 9.14. The van der Waals surface area contributed by atoms with E-state index in [4.69, 9.17) is 11.6 Å². The van der Waals surface area contributed by atoms with Gasteiger partial charge >= 0.3 is 0 Å². The average Bonchev–Trinajstić information content (AvgIpc) is 2.68. The van der Waals surface area contributed by atoms with Gasteiger partial charge in [-0.1, -0.05) is 59.8 Å². The average molecular weight is 401 g/mol. The quantitative estimate of drug-likeness (QED) is 0.281. The van der Waals surface area contributed by atoms with Crippen molar-refractivity contribution in [3.8, 4) is 0 Å². The normalized spacial score (nSPS) is 10.4. The first-order chi connectivity index (χ1) is 13.0. The van der Waals surface area contributed by atoms with E-state index in [1.54, 1.807) is 6.07 Å². The van der Waals surface area contributed by atoms with E-state index in [2.05, 4.69) is 15.3 Å². The van der Waals surface area contributed by atoms with E-state index in [1.165, 1.54) is 36.2 Å². The second-order valence-electron chi connectivity index (χ2n) is 5.38. The molecule has 0 aliphatic carbocycles. The highest BCUT2D eigenvalue weighted by atomic mass is 35.5. The molecule has 0 atom stereocenters. The molecule has 0 spiro atoms. The van der Waals surface area contributed by atoms with Crippen LogP contribution >= 0.6 is 23.4 Å². The van der Waals surface area contributed by atoms with Crippen molar-refractivity contribution in [2.45, 2.75) is 10.9 Å². The maximum Gasteiger partial charge on any atom is 0.275 e. The molecular weight excluding hydrogens is 388 g/mol. The van der Waals surface area contributed by atoms with Gasteiger partial charge in [0.1, 0.15) is 0 Å². The molecule has 0 radical (unpaired) electrons. The third-order valence-corrected chi connectivity index (χ3v) is 4.67. The molecule has 2 aromatic carbocycles. The molecule has 1 N–H and O–H groups in total. The van der Waals surface area contributed by atoms with Crippen LogP contribution in [-0.2, 0) is 5.75 Å². The fourth-order valence-corrected chi connectivity index (χ4v) is 3.14. The van der Waals surface area contributed by atoms with E-state index < -0.39 is 10.8 Å². The molecule has 3 rings (SSSR count). The predicted octanol–water partition coefficient (Wildman–Crippen LogP) is 4.58. The highest BCUT2D eigenvalue weighted by molar-refractivity contribution is 7.98. The summed E-state index contributed by atoms with van der Waals surface area (Å²) in [5, 5.41) is 13.9. The van der Waals surface area contributed by atoms with E-state index in [-0.39, 0.29) is 22.1 Å². The molecule has 0 unspecified atom stereocenters. The molecule has 1 heterocycles. The van der Waals surface area contributed by atoms with Crippen molar-refractivity contribution in [3.05, 3.63) is 87.2 Å². The van der Waals surface area contributed by atoms with Crippen LogP contribution in [0.1, 0.15) is 16.1 Å². The van der Waals surface area contributed by atoms with Gasteiger partial charge in [-0.3, -0.25) is 14.9 Å². The van der Waals surface area contributed by atoms with Crippen LogP contribution in [0, 0.1) is 10.1 Å². The summed E-state index contributed by atoms with van der Waals surface area (Å²) in [6.07, 6.45) is 1.37. The Bertz CT molecular complexity index is 985. The van der Waals surface area contributed by atoms with Crippen LogP contribution in [0.3, 0.4) is 0 Å². The van der Waals surface area contributed by atoms with Crippen molar-refractivity contribution in [2.75, 3.05) is 5.32 Å². The van der Waals surface area contributed by atoms with Crippen LogP contribution in [0.15, 0.2) is 66.0 Å². The molecule has 0 bridgehead atoms. The lowest BCUT2D eigenvalue weighted by molar-refractivity contribution is -0.384. The van der Waals surface area contributed by atoms with Crippen LogP contribution in [0.5, 0.6) is 0 Å². The zero-order chi connectivity index (χ0) is 19.2. The van der Waals surface area contributed by atoms with Crippen LogP contribution < -0.4 is 5.32 Å². The number of benzene rings is 2. The van der Waals surface area contributed by atoms with Crippen LogP contribution in [0.2, 0.25) is 5.02 Å². The zero-order valence-electron chi connectivity index (χ0n) is 13.8. The summed E-state index contributed by atoms with van der Waals surface area (Å²) < 4.78 is 0. The minimum atomic E-state index is -0.565. The molecule has 0 saturated carbocycles. The minimum absolute atomic E-state index is 0.00809. The van der Waals surface area contributed by atoms with Gasteiger partial charge in [-0.15, -0.1) is 0 Å². The molecule has 9 heteroatoms. The lowest BCUT2D eigenvalue weighted by atomic mass is 10.2. The Morgan fingerprint density at radius 2 is 1.96 bits per heavy atom. The molecule has 0 aliphatic rings. The third-order valence-electron chi connectivity index (χ3n) is 3.46. The second kappa shape index (κ2) is 8.61. The van der Waals surface area contributed by atoms with Crippen molar-refractivity contribution < 1.29 is 9.72 Å². The van der Waals surface area contributed by atoms with Gasteiger partial charge in [-0.05, 0) is 11.6 Å². The molecule has 0 fully saturated rings. The van der Waals surface area contributed by atoms with Gasteiger partial charge in [0.05, 0.1) is 16.1 Å². The van der Waals surface area contributed by atoms with Crippen molar-refractivity contribution in [1.29, 1.82) is 0 Å². The van der Waals surface area contributed by atoms with Crippen LogP contribution in [0.25, 0.3) is 0 Å². The first-order valence-electron chi connectivity index (χ1n) is 7.78. The van der Waals surface area contributed by atoms with Gasteiger partial charge < -0.3 is 5.32 Å². The summed E-state index contributed by atoms with van der Waals surface area (Å²) in [6, 6.07) is 15.4. The van der Waals surface area contributed by atoms with Gasteiger partial charge in [0, 0.05) is 23.6 Å². The number of nitro benzene ring substituents is 1. The van der Waals surface area contributed by atoms with Gasteiger partial charge in [0.25, 0.3) is 11.6 Å². The summed E-state index contributed by atoms with van der Waals surface area (Å²) in [7, 11) is 0. The van der Waals surface area contributed by atoms with E-state index in [0.29, 0.717) is 10.9 Å². The number of nitrogens with zero attached hydrogens (tertiary/aromatic N) is 3. The number of hydrogen-bond acceptors (Lipinski definition) is 6. The minimum Gasteiger partial charge on any atom is -0.320 e. The third kappa shape index (κ3) is 5.02.